The Morgan fingerprint density at radius 3 is 0.778 bits per heavy atom. The summed E-state index contributed by atoms with van der Waals surface area (Å²) in [6, 6.07) is 2.28. The van der Waals surface area contributed by atoms with Crippen molar-refractivity contribution in [2.45, 2.75) is 58.6 Å². The van der Waals surface area contributed by atoms with Crippen LogP contribution < -0.4 is 24.8 Å². The Balaban J connectivity index is 0.00000353. The summed E-state index contributed by atoms with van der Waals surface area (Å²) in [7, 11) is 0. The van der Waals surface area contributed by atoms with Crippen molar-refractivity contribution in [2.75, 3.05) is 0 Å². The van der Waals surface area contributed by atoms with Gasteiger partial charge in [-0.15, -0.1) is 0 Å². The average molecular weight is 773 g/mol. The van der Waals surface area contributed by atoms with Crippen LogP contribution in [0, 0.1) is 0 Å². The van der Waals surface area contributed by atoms with Crippen LogP contribution in [0.4, 0.5) is 52.7 Å². The molecule has 0 saturated carbocycles. The van der Waals surface area contributed by atoms with Gasteiger partial charge in [0.25, 0.3) is 0 Å². The van der Waals surface area contributed by atoms with Gasteiger partial charge in [0.2, 0.25) is 0 Å². The van der Waals surface area contributed by atoms with E-state index >= 15 is 0 Å². The van der Waals surface area contributed by atoms with E-state index in [2.05, 4.69) is 0 Å². The smallest absolute Gasteiger partial charge is 1.00 e. The largest absolute Gasteiger partial charge is 1.00 e. The summed E-state index contributed by atoms with van der Waals surface area (Å²) >= 11 is -2.81. The van der Waals surface area contributed by atoms with Gasteiger partial charge in [-0.25, -0.2) is 0 Å². The Morgan fingerprint density at radius 2 is 0.600 bits per heavy atom. The monoisotopic (exact) mass is 770 g/mol. The van der Waals surface area contributed by atoms with Gasteiger partial charge in [-0.1, -0.05) is 0 Å². The van der Waals surface area contributed by atoms with Gasteiger partial charge in [0.1, 0.15) is 0 Å². The predicted octanol–water partition coefficient (Wildman–Crippen LogP) is 4.76. The summed E-state index contributed by atoms with van der Waals surface area (Å²) in [5, 5.41) is 0. The number of halogens is 14. The molecule has 0 spiro atoms. The topological polar surface area (TPSA) is 0 Å². The Kier molecular flexibility index (Phi) is 10.9. The quantitative estimate of drug-likeness (QED) is 0.394. The minimum atomic E-state index is -5.17. The zero-order valence-electron chi connectivity index (χ0n) is 23.6. The van der Waals surface area contributed by atoms with Gasteiger partial charge in [-0.2, -0.15) is 0 Å². The van der Waals surface area contributed by atoms with Crippen LogP contribution >= 0.6 is 0 Å². The van der Waals surface area contributed by atoms with Crippen molar-refractivity contribution in [1.29, 1.82) is 0 Å². The first-order valence-corrected chi connectivity index (χ1v) is 15.0. The Morgan fingerprint density at radius 1 is 0.400 bits per heavy atom. The number of benzene rings is 2. The number of hydrogen-bond acceptors (Lipinski definition) is 0. The Hall–Kier alpha value is -1.98. The van der Waals surface area contributed by atoms with Crippen molar-refractivity contribution >= 4 is 0 Å². The fourth-order valence-electron chi connectivity index (χ4n) is 5.26. The molecule has 0 fully saturated rings. The van der Waals surface area contributed by atoms with E-state index in [-0.39, 0.29) is 48.1 Å². The molecule has 4 rings (SSSR count). The maximum Gasteiger partial charge on any atom is -1.00 e. The number of allylic oxidation sites excluding steroid dienone is 8. The fraction of sp³-hybridized carbons (Fsp3) is 0.333. The summed E-state index contributed by atoms with van der Waals surface area (Å²) in [6.45, 7) is 6.34. The van der Waals surface area contributed by atoms with Crippen molar-refractivity contribution in [2.24, 2.45) is 0 Å². The standard InChI is InChI=1S/2C15H11F6.2ClH.Zr/c2*1-8-3-10(4-9(8)2)11-5-12(14(16,17)18)7-13(6-11)15(19,20)21;;;/h2*3-7H,1-2H3;2*1H;/q;;;;+2/p-2. The summed E-state index contributed by atoms with van der Waals surface area (Å²) in [6.07, 6.45) is -14.7. The molecule has 2 aromatic rings. The van der Waals surface area contributed by atoms with E-state index in [9.17, 15) is 52.7 Å². The van der Waals surface area contributed by atoms with E-state index in [4.69, 9.17) is 0 Å². The molecule has 0 amide bonds. The number of rotatable bonds is 4. The van der Waals surface area contributed by atoms with Crippen LogP contribution in [-0.2, 0) is 54.2 Å². The second-order valence-corrected chi connectivity index (χ2v) is 15.4. The van der Waals surface area contributed by atoms with Crippen LogP contribution in [0.5, 0.6) is 0 Å². The van der Waals surface area contributed by atoms with Gasteiger partial charge in [0, 0.05) is 0 Å². The van der Waals surface area contributed by atoms with Crippen LogP contribution in [-0.4, -0.2) is 0 Å². The molecule has 0 aliphatic heterocycles. The second kappa shape index (κ2) is 12.6. The summed E-state index contributed by atoms with van der Waals surface area (Å²) in [5.41, 5.74) is -5.00. The van der Waals surface area contributed by atoms with Gasteiger partial charge in [-0.3, -0.25) is 0 Å². The van der Waals surface area contributed by atoms with Crippen LogP contribution in [0.3, 0.4) is 0 Å². The van der Waals surface area contributed by atoms with E-state index in [0.717, 1.165) is 0 Å². The van der Waals surface area contributed by atoms with Crippen molar-refractivity contribution in [1.82, 2.24) is 0 Å². The summed E-state index contributed by atoms with van der Waals surface area (Å²) in [4.78, 5) is 0. The van der Waals surface area contributed by atoms with Gasteiger partial charge < -0.3 is 24.8 Å². The second-order valence-electron chi connectivity index (χ2n) is 10.8. The van der Waals surface area contributed by atoms with E-state index in [1.807, 2.05) is 0 Å². The molecule has 15 heteroatoms. The van der Waals surface area contributed by atoms with E-state index in [1.54, 1.807) is 27.7 Å². The minimum absolute atomic E-state index is 0. The van der Waals surface area contributed by atoms with Crippen LogP contribution in [0.2, 0.25) is 0 Å². The van der Waals surface area contributed by atoms with Crippen LogP contribution in [0.1, 0.15) is 61.1 Å². The molecule has 0 nitrogen and oxygen atoms in total. The zero-order chi connectivity index (χ0) is 32.6. The van der Waals surface area contributed by atoms with E-state index < -0.39 is 76.4 Å². The first-order chi connectivity index (χ1) is 19.4. The third-order valence-electron chi connectivity index (χ3n) is 7.57. The maximum absolute atomic E-state index is 13.8. The van der Waals surface area contributed by atoms with Crippen molar-refractivity contribution in [3.05, 3.63) is 116 Å². The molecule has 0 aromatic heterocycles. The average Bonchev–Trinajstić information content (AvgIpc) is 3.30. The van der Waals surface area contributed by atoms with Crippen LogP contribution in [0.15, 0.2) is 83.0 Å². The number of hydrogen-bond donors (Lipinski definition) is 0. The zero-order valence-corrected chi connectivity index (χ0v) is 27.5. The summed E-state index contributed by atoms with van der Waals surface area (Å²) < 4.78 is 163. The normalized spacial score (nSPS) is 17.8. The molecule has 0 bridgehead atoms. The molecule has 0 heterocycles. The van der Waals surface area contributed by atoms with Gasteiger partial charge in [-0.05, 0) is 0 Å². The molecule has 0 radical (unpaired) electrons. The molecule has 2 aliphatic carbocycles. The molecular formula is C30H22Cl2F12Zr. The van der Waals surface area contributed by atoms with Crippen molar-refractivity contribution in [3.8, 4) is 0 Å². The fourth-order valence-corrected chi connectivity index (χ4v) is 11.2. The first kappa shape index (κ1) is 39.2. The van der Waals surface area contributed by atoms with Crippen molar-refractivity contribution < 1.29 is 101 Å². The third kappa shape index (κ3) is 7.95. The van der Waals surface area contributed by atoms with E-state index in [1.165, 1.54) is 24.3 Å². The Bertz CT molecular complexity index is 1370. The minimum Gasteiger partial charge on any atom is -1.00 e. The molecular weight excluding hydrogens is 750 g/mol. The first-order valence-electron chi connectivity index (χ1n) is 12.5. The molecule has 2 aliphatic rings. The van der Waals surface area contributed by atoms with Crippen molar-refractivity contribution in [3.63, 3.8) is 0 Å². The van der Waals surface area contributed by atoms with Gasteiger partial charge in [0.15, 0.2) is 0 Å². The van der Waals surface area contributed by atoms with E-state index in [0.29, 0.717) is 46.6 Å². The van der Waals surface area contributed by atoms with Crippen LogP contribution in [0.25, 0.3) is 0 Å². The molecule has 0 saturated heterocycles. The molecule has 0 atom stereocenters. The maximum atomic E-state index is 13.8. The predicted molar refractivity (Wildman–Crippen MR) is 131 cm³/mol. The molecule has 244 valence electrons. The molecule has 2 aromatic carbocycles. The third-order valence-corrected chi connectivity index (χ3v) is 12.4. The number of alkyl halides is 12. The molecule has 0 N–H and O–H groups in total. The Labute approximate surface area is 274 Å². The SMILES string of the molecule is CC1=C[C]([Zr+2][C]2(c3cc(C(F)(F)F)cc(C(F)(F)F)c3)C=C(C)C(C)=C2)(c2cc(C(F)(F)F)cc(C(F)(F)F)c2)C=C1C.[Cl-].[Cl-]. The van der Waals surface area contributed by atoms with Gasteiger partial charge in [0.05, 0.1) is 0 Å². The molecule has 0 unspecified atom stereocenters. The molecule has 45 heavy (non-hydrogen) atoms. The summed E-state index contributed by atoms with van der Waals surface area (Å²) in [5.74, 6) is 0. The van der Waals surface area contributed by atoms with Gasteiger partial charge >= 0.3 is 251 Å².